The van der Waals surface area contributed by atoms with Crippen LogP contribution in [0.5, 0.6) is 0 Å². The molecule has 1 aromatic carbocycles. The van der Waals surface area contributed by atoms with E-state index in [1.165, 1.54) is 12.1 Å². The number of anilines is 1. The van der Waals surface area contributed by atoms with E-state index >= 15 is 0 Å². The Bertz CT molecular complexity index is 947. The maximum Gasteiger partial charge on any atom is 0.309 e. The quantitative estimate of drug-likeness (QED) is 0.532. The first-order valence-electron chi connectivity index (χ1n) is 12.1. The Morgan fingerprint density at radius 1 is 0.971 bits per heavy atom. The maximum atomic E-state index is 13.3. The molecule has 2 aliphatic rings. The zero-order valence-electron chi connectivity index (χ0n) is 19.9. The second-order valence-corrected chi connectivity index (χ2v) is 8.72. The van der Waals surface area contributed by atoms with Crippen molar-refractivity contribution < 1.29 is 18.7 Å². The van der Waals surface area contributed by atoms with Crippen LogP contribution in [0.4, 0.5) is 10.1 Å². The number of ether oxygens (including phenoxy) is 1. The van der Waals surface area contributed by atoms with Crippen LogP contribution in [0, 0.1) is 5.82 Å². The lowest BCUT2D eigenvalue weighted by molar-refractivity contribution is -0.139. The van der Waals surface area contributed by atoms with Gasteiger partial charge in [-0.25, -0.2) is 4.39 Å². The normalized spacial score (nSPS) is 18.1. The lowest BCUT2D eigenvalue weighted by Gasteiger charge is -2.40. The molecule has 2 saturated heterocycles. The number of benzene rings is 1. The summed E-state index contributed by atoms with van der Waals surface area (Å²) in [6, 6.07) is 10.3. The van der Waals surface area contributed by atoms with Gasteiger partial charge >= 0.3 is 11.8 Å². The monoisotopic (exact) mass is 484 g/mol. The summed E-state index contributed by atoms with van der Waals surface area (Å²) in [7, 11) is 0. The van der Waals surface area contributed by atoms with Crippen LogP contribution in [-0.4, -0.2) is 98.7 Å². The molecule has 2 amide bonds. The molecule has 2 fully saturated rings. The third-order valence-corrected chi connectivity index (χ3v) is 6.50. The molecule has 3 heterocycles. The van der Waals surface area contributed by atoms with Gasteiger partial charge in [-0.05, 0) is 35.9 Å². The molecule has 0 bridgehead atoms. The molecule has 4 rings (SSSR count). The van der Waals surface area contributed by atoms with Crippen LogP contribution in [-0.2, 0) is 14.3 Å². The highest BCUT2D eigenvalue weighted by Crippen LogP contribution is 2.23. The number of piperazine rings is 1. The predicted molar refractivity (Wildman–Crippen MR) is 130 cm³/mol. The number of morpholine rings is 1. The first kappa shape index (κ1) is 25.0. The van der Waals surface area contributed by atoms with Gasteiger partial charge in [0, 0.05) is 77.0 Å². The van der Waals surface area contributed by atoms with E-state index in [0.29, 0.717) is 32.8 Å². The molecule has 1 aromatic heterocycles. The standard InChI is InChI=1S/C25H33FN6O3/c26-21-3-5-22(6-4-21)31-10-12-32(13-11-31)23(20-2-1-7-27-18-20)19-29-25(34)24(33)28-8-9-30-14-16-35-17-15-30/h1-7,18,23H,8-17,19H2,(H,28,33)(H,29,34). The predicted octanol–water partition coefficient (Wildman–Crippen LogP) is 0.649. The van der Waals surface area contributed by atoms with Gasteiger partial charge in [0.25, 0.3) is 0 Å². The zero-order chi connectivity index (χ0) is 24.5. The molecule has 35 heavy (non-hydrogen) atoms. The molecule has 2 aromatic rings. The molecular formula is C25H33FN6O3. The molecule has 188 valence electrons. The number of nitrogens with one attached hydrogen (secondary N) is 2. The molecule has 2 aliphatic heterocycles. The summed E-state index contributed by atoms with van der Waals surface area (Å²) in [6.07, 6.45) is 3.51. The smallest absolute Gasteiger partial charge is 0.309 e. The van der Waals surface area contributed by atoms with E-state index in [9.17, 15) is 14.0 Å². The van der Waals surface area contributed by atoms with Crippen molar-refractivity contribution in [1.82, 2.24) is 25.4 Å². The Kier molecular flexibility index (Phi) is 8.99. The minimum atomic E-state index is -0.634. The Balaban J connectivity index is 1.29. The van der Waals surface area contributed by atoms with Crippen LogP contribution in [0.2, 0.25) is 0 Å². The van der Waals surface area contributed by atoms with Crippen molar-refractivity contribution in [3.63, 3.8) is 0 Å². The Morgan fingerprint density at radius 2 is 1.69 bits per heavy atom. The number of hydrogen-bond donors (Lipinski definition) is 2. The number of halogens is 1. The van der Waals surface area contributed by atoms with Crippen molar-refractivity contribution in [2.45, 2.75) is 6.04 Å². The molecule has 0 radical (unpaired) electrons. The molecular weight excluding hydrogens is 451 g/mol. The second kappa shape index (κ2) is 12.6. The minimum Gasteiger partial charge on any atom is -0.379 e. The first-order valence-corrected chi connectivity index (χ1v) is 12.1. The van der Waals surface area contributed by atoms with E-state index in [0.717, 1.165) is 50.5 Å². The van der Waals surface area contributed by atoms with Gasteiger partial charge in [-0.1, -0.05) is 6.07 Å². The average Bonchev–Trinajstić information content (AvgIpc) is 2.91. The van der Waals surface area contributed by atoms with Gasteiger partial charge in [-0.2, -0.15) is 0 Å². The number of amides is 2. The van der Waals surface area contributed by atoms with E-state index in [2.05, 4.69) is 30.3 Å². The molecule has 0 saturated carbocycles. The number of aromatic nitrogens is 1. The Morgan fingerprint density at radius 3 is 2.37 bits per heavy atom. The highest BCUT2D eigenvalue weighted by Gasteiger charge is 2.27. The molecule has 1 unspecified atom stereocenters. The van der Waals surface area contributed by atoms with Crippen molar-refractivity contribution in [3.05, 3.63) is 60.2 Å². The number of pyridine rings is 1. The van der Waals surface area contributed by atoms with Gasteiger partial charge in [0.05, 0.1) is 19.3 Å². The molecule has 1 atom stereocenters. The molecule has 10 heteroatoms. The fourth-order valence-electron chi connectivity index (χ4n) is 4.48. The van der Waals surface area contributed by atoms with E-state index in [1.807, 2.05) is 12.1 Å². The van der Waals surface area contributed by atoms with Crippen molar-refractivity contribution in [2.24, 2.45) is 0 Å². The van der Waals surface area contributed by atoms with Gasteiger partial charge in [0.15, 0.2) is 0 Å². The van der Waals surface area contributed by atoms with Gasteiger partial charge < -0.3 is 20.3 Å². The van der Waals surface area contributed by atoms with Crippen LogP contribution in [0.15, 0.2) is 48.8 Å². The summed E-state index contributed by atoms with van der Waals surface area (Å²) in [6.45, 7) is 7.56. The fourth-order valence-corrected chi connectivity index (χ4v) is 4.48. The Hall–Kier alpha value is -3.08. The summed E-state index contributed by atoms with van der Waals surface area (Å²) in [5.74, 6) is -1.50. The Labute approximate surface area is 205 Å². The molecule has 9 nitrogen and oxygen atoms in total. The number of carbonyl (C=O) groups is 2. The van der Waals surface area contributed by atoms with Gasteiger partial charge in [-0.15, -0.1) is 0 Å². The van der Waals surface area contributed by atoms with Crippen LogP contribution in [0.1, 0.15) is 11.6 Å². The average molecular weight is 485 g/mol. The van der Waals surface area contributed by atoms with Crippen LogP contribution < -0.4 is 15.5 Å². The minimum absolute atomic E-state index is 0.107. The van der Waals surface area contributed by atoms with Gasteiger partial charge in [0.2, 0.25) is 0 Å². The second-order valence-electron chi connectivity index (χ2n) is 8.72. The highest BCUT2D eigenvalue weighted by molar-refractivity contribution is 6.35. The number of hydrogen-bond acceptors (Lipinski definition) is 7. The summed E-state index contributed by atoms with van der Waals surface area (Å²) in [5.41, 5.74) is 1.97. The molecule has 2 N–H and O–H groups in total. The lowest BCUT2D eigenvalue weighted by atomic mass is 10.1. The van der Waals surface area contributed by atoms with Crippen LogP contribution in [0.25, 0.3) is 0 Å². The zero-order valence-corrected chi connectivity index (χ0v) is 19.9. The number of carbonyl (C=O) groups excluding carboxylic acids is 2. The summed E-state index contributed by atoms with van der Waals surface area (Å²) >= 11 is 0. The van der Waals surface area contributed by atoms with Crippen LogP contribution >= 0.6 is 0 Å². The summed E-state index contributed by atoms with van der Waals surface area (Å²) in [5, 5.41) is 5.51. The lowest BCUT2D eigenvalue weighted by Crippen LogP contribution is -2.51. The number of nitrogens with zero attached hydrogens (tertiary/aromatic N) is 4. The highest BCUT2D eigenvalue weighted by atomic mass is 19.1. The third-order valence-electron chi connectivity index (χ3n) is 6.50. The van der Waals surface area contributed by atoms with Gasteiger partial charge in [0.1, 0.15) is 5.82 Å². The van der Waals surface area contributed by atoms with E-state index in [1.54, 1.807) is 24.5 Å². The number of rotatable bonds is 8. The topological polar surface area (TPSA) is 90.0 Å². The maximum absolute atomic E-state index is 13.3. The largest absolute Gasteiger partial charge is 0.379 e. The van der Waals surface area contributed by atoms with Crippen molar-refractivity contribution >= 4 is 17.5 Å². The van der Waals surface area contributed by atoms with E-state index < -0.39 is 11.8 Å². The van der Waals surface area contributed by atoms with Crippen molar-refractivity contribution in [3.8, 4) is 0 Å². The van der Waals surface area contributed by atoms with Crippen molar-refractivity contribution in [1.29, 1.82) is 0 Å². The molecule has 0 spiro atoms. The van der Waals surface area contributed by atoms with Gasteiger partial charge in [-0.3, -0.25) is 24.4 Å². The summed E-state index contributed by atoms with van der Waals surface area (Å²) < 4.78 is 18.6. The van der Waals surface area contributed by atoms with Crippen molar-refractivity contribution in [2.75, 3.05) is 77.0 Å². The SMILES string of the molecule is O=C(NCCN1CCOCC1)C(=O)NCC(c1cccnc1)N1CCN(c2ccc(F)cc2)CC1. The molecule has 0 aliphatic carbocycles. The fraction of sp³-hybridized carbons (Fsp3) is 0.480. The van der Waals surface area contributed by atoms with E-state index in [-0.39, 0.29) is 11.9 Å². The van der Waals surface area contributed by atoms with E-state index in [4.69, 9.17) is 4.74 Å². The third kappa shape index (κ3) is 7.20. The van der Waals surface area contributed by atoms with Crippen LogP contribution in [0.3, 0.4) is 0 Å². The summed E-state index contributed by atoms with van der Waals surface area (Å²) in [4.78, 5) is 35.7. The first-order chi connectivity index (χ1) is 17.1.